The summed E-state index contributed by atoms with van der Waals surface area (Å²) in [5, 5.41) is 19.1. The molecule has 164 valence electrons. The number of piperidine rings is 1. The Labute approximate surface area is 184 Å². The van der Waals surface area contributed by atoms with Crippen molar-refractivity contribution in [3.63, 3.8) is 0 Å². The molecule has 1 fully saturated rings. The van der Waals surface area contributed by atoms with Crippen molar-refractivity contribution >= 4 is 40.8 Å². The molecule has 0 bridgehead atoms. The Hall–Kier alpha value is -3.20. The van der Waals surface area contributed by atoms with Crippen LogP contribution in [0.5, 0.6) is 5.75 Å². The summed E-state index contributed by atoms with van der Waals surface area (Å²) in [4.78, 5) is 29.4. The van der Waals surface area contributed by atoms with Crippen molar-refractivity contribution in [2.24, 2.45) is 0 Å². The minimum atomic E-state index is -1.00. The van der Waals surface area contributed by atoms with Gasteiger partial charge < -0.3 is 30.7 Å². The summed E-state index contributed by atoms with van der Waals surface area (Å²) in [6.07, 6.45) is 1.04. The van der Waals surface area contributed by atoms with E-state index >= 15 is 0 Å². The normalized spacial score (nSPS) is 18.0. The molecule has 0 spiro atoms. The fraction of sp³-hybridized carbons (Fsp3) is 0.381. The summed E-state index contributed by atoms with van der Waals surface area (Å²) in [5.41, 5.74) is 1.56. The number of ether oxygens (including phenoxy) is 1. The van der Waals surface area contributed by atoms with Gasteiger partial charge in [0.2, 0.25) is 12.3 Å². The number of aromatic nitrogens is 1. The molecule has 2 aliphatic rings. The second-order valence-corrected chi connectivity index (χ2v) is 8.13. The molecule has 1 saturated heterocycles. The molecule has 2 aliphatic heterocycles. The molecule has 1 aromatic carbocycles. The summed E-state index contributed by atoms with van der Waals surface area (Å²) in [6.45, 7) is 4.75. The Balaban J connectivity index is 1.44. The van der Waals surface area contributed by atoms with Crippen LogP contribution in [0.1, 0.15) is 35.7 Å². The average molecular weight is 446 g/mol. The molecule has 4 N–H and O–H groups in total. The number of carbonyl (C=O) groups is 2. The number of aromatic carboxylic acids is 1. The van der Waals surface area contributed by atoms with E-state index in [0.717, 1.165) is 25.9 Å². The van der Waals surface area contributed by atoms with E-state index < -0.39 is 12.3 Å². The first-order valence-corrected chi connectivity index (χ1v) is 10.4. The molecule has 0 radical (unpaired) electrons. The summed E-state index contributed by atoms with van der Waals surface area (Å²) >= 11 is 6.50. The number of carboxylic acid groups (broad SMARTS) is 1. The zero-order valence-corrected chi connectivity index (χ0v) is 18.0. The number of pyridine rings is 1. The van der Waals surface area contributed by atoms with Gasteiger partial charge in [-0.1, -0.05) is 17.7 Å². The number of benzene rings is 1. The van der Waals surface area contributed by atoms with Crippen molar-refractivity contribution in [3.05, 3.63) is 40.4 Å². The molecular weight excluding hydrogens is 422 g/mol. The first-order valence-electron chi connectivity index (χ1n) is 10.1. The molecule has 1 atom stereocenters. The van der Waals surface area contributed by atoms with Crippen LogP contribution in [-0.4, -0.2) is 47.5 Å². The van der Waals surface area contributed by atoms with Crippen molar-refractivity contribution in [1.29, 1.82) is 0 Å². The Morgan fingerprint density at radius 3 is 2.68 bits per heavy atom. The fourth-order valence-corrected chi connectivity index (χ4v) is 4.12. The van der Waals surface area contributed by atoms with Crippen LogP contribution in [-0.2, 0) is 4.79 Å². The first kappa shape index (κ1) is 21.0. The zero-order valence-electron chi connectivity index (χ0n) is 17.2. The van der Waals surface area contributed by atoms with E-state index in [0.29, 0.717) is 33.7 Å². The lowest BCUT2D eigenvalue weighted by atomic mass is 10.1. The number of hydrogen-bond acceptors (Lipinski definition) is 7. The summed E-state index contributed by atoms with van der Waals surface area (Å²) in [7, 11) is 0. The van der Waals surface area contributed by atoms with Crippen molar-refractivity contribution in [2.75, 3.05) is 28.6 Å². The summed E-state index contributed by atoms with van der Waals surface area (Å²) in [6, 6.07) is 6.89. The number of amides is 1. The maximum atomic E-state index is 11.4. The fourth-order valence-electron chi connectivity index (χ4n) is 3.85. The van der Waals surface area contributed by atoms with Gasteiger partial charge >= 0.3 is 5.97 Å². The maximum absolute atomic E-state index is 11.4. The van der Waals surface area contributed by atoms with Crippen molar-refractivity contribution in [1.82, 2.24) is 10.3 Å². The van der Waals surface area contributed by atoms with Gasteiger partial charge in [-0.3, -0.25) is 4.79 Å². The number of carboxylic acids is 1. The van der Waals surface area contributed by atoms with Crippen LogP contribution in [0.2, 0.25) is 5.02 Å². The monoisotopic (exact) mass is 445 g/mol. The van der Waals surface area contributed by atoms with Gasteiger partial charge in [0.25, 0.3) is 0 Å². The van der Waals surface area contributed by atoms with Crippen molar-refractivity contribution < 1.29 is 19.4 Å². The highest BCUT2D eigenvalue weighted by Gasteiger charge is 2.28. The van der Waals surface area contributed by atoms with Gasteiger partial charge in [0, 0.05) is 26.1 Å². The number of hydrogen-bond donors (Lipinski definition) is 4. The maximum Gasteiger partial charge on any atom is 0.336 e. The molecule has 1 amide bonds. The van der Waals surface area contributed by atoms with E-state index in [4.69, 9.17) is 16.3 Å². The van der Waals surface area contributed by atoms with Gasteiger partial charge in [0.1, 0.15) is 11.6 Å². The second-order valence-electron chi connectivity index (χ2n) is 7.72. The number of aryl methyl sites for hydroxylation is 1. The molecule has 0 saturated carbocycles. The van der Waals surface area contributed by atoms with Crippen LogP contribution in [0.25, 0.3) is 0 Å². The summed E-state index contributed by atoms with van der Waals surface area (Å²) < 4.78 is 5.86. The molecule has 0 aliphatic carbocycles. The van der Waals surface area contributed by atoms with E-state index in [1.807, 2.05) is 0 Å². The number of rotatable bonds is 5. The summed E-state index contributed by atoms with van der Waals surface area (Å²) in [5.74, 6) is 0.697. The van der Waals surface area contributed by atoms with Crippen molar-refractivity contribution in [3.8, 4) is 5.75 Å². The quantitative estimate of drug-likeness (QED) is 0.555. The largest absolute Gasteiger partial charge is 0.478 e. The number of nitrogens with one attached hydrogen (secondary N) is 3. The Morgan fingerprint density at radius 1 is 1.26 bits per heavy atom. The zero-order chi connectivity index (χ0) is 22.1. The van der Waals surface area contributed by atoms with Gasteiger partial charge in [-0.15, -0.1) is 0 Å². The molecule has 3 heterocycles. The molecule has 31 heavy (non-hydrogen) atoms. The molecule has 10 heteroatoms. The van der Waals surface area contributed by atoms with Gasteiger partial charge in [-0.2, -0.15) is 0 Å². The predicted octanol–water partition coefficient (Wildman–Crippen LogP) is 3.05. The SMILES string of the molecule is CC(=O)NC1CCN(c2nc3c(cc2Cl)NC(Oc2ccc(C)c(C(=O)O)c2)N3)CC1. The van der Waals surface area contributed by atoms with E-state index in [2.05, 4.69) is 25.8 Å². The van der Waals surface area contributed by atoms with Crippen LogP contribution >= 0.6 is 11.6 Å². The molecule has 9 nitrogen and oxygen atoms in total. The lowest BCUT2D eigenvalue weighted by molar-refractivity contribution is -0.119. The Morgan fingerprint density at radius 2 is 2.00 bits per heavy atom. The number of nitrogens with zero attached hydrogens (tertiary/aromatic N) is 2. The Kier molecular flexibility index (Phi) is 5.77. The van der Waals surface area contributed by atoms with Crippen LogP contribution in [0.3, 0.4) is 0 Å². The van der Waals surface area contributed by atoms with Gasteiger partial charge in [0.15, 0.2) is 5.82 Å². The van der Waals surface area contributed by atoms with E-state index in [9.17, 15) is 14.7 Å². The predicted molar refractivity (Wildman–Crippen MR) is 118 cm³/mol. The van der Waals surface area contributed by atoms with Crippen LogP contribution < -0.4 is 25.6 Å². The third kappa shape index (κ3) is 4.61. The minimum Gasteiger partial charge on any atom is -0.478 e. The van der Waals surface area contributed by atoms with Gasteiger partial charge in [-0.05, 0) is 43.5 Å². The van der Waals surface area contributed by atoms with Gasteiger partial charge in [-0.25, -0.2) is 9.78 Å². The molecule has 4 rings (SSSR count). The van der Waals surface area contributed by atoms with Crippen LogP contribution in [0, 0.1) is 6.92 Å². The van der Waals surface area contributed by atoms with Gasteiger partial charge in [0.05, 0.1) is 16.3 Å². The third-order valence-electron chi connectivity index (χ3n) is 5.41. The third-order valence-corrected chi connectivity index (χ3v) is 5.69. The molecule has 1 unspecified atom stereocenters. The topological polar surface area (TPSA) is 116 Å². The average Bonchev–Trinajstić information content (AvgIpc) is 3.10. The number of fused-ring (bicyclic) bond motifs is 1. The first-order chi connectivity index (χ1) is 14.8. The van der Waals surface area contributed by atoms with E-state index in [-0.39, 0.29) is 17.5 Å². The highest BCUT2D eigenvalue weighted by molar-refractivity contribution is 6.33. The smallest absolute Gasteiger partial charge is 0.336 e. The van der Waals surface area contributed by atoms with Crippen LogP contribution in [0.15, 0.2) is 24.3 Å². The molecule has 1 aromatic heterocycles. The minimum absolute atomic E-state index is 0.0162. The van der Waals surface area contributed by atoms with E-state index in [1.54, 1.807) is 25.1 Å². The lowest BCUT2D eigenvalue weighted by Crippen LogP contribution is -2.44. The number of halogens is 1. The molecule has 2 aromatic rings. The lowest BCUT2D eigenvalue weighted by Gasteiger charge is -2.33. The van der Waals surface area contributed by atoms with Crippen molar-refractivity contribution in [2.45, 2.75) is 39.1 Å². The van der Waals surface area contributed by atoms with E-state index in [1.165, 1.54) is 13.0 Å². The Bertz CT molecular complexity index is 1020. The molecular formula is C21H24ClN5O4. The second kappa shape index (κ2) is 8.50. The highest BCUT2D eigenvalue weighted by atomic mass is 35.5. The highest BCUT2D eigenvalue weighted by Crippen LogP contribution is 2.36. The standard InChI is InChI=1S/C21H24ClN5O4/c1-11-3-4-14(9-15(11)20(29)30)31-21-24-17-10-16(22)19(25-18(17)26-21)27-7-5-13(6-8-27)23-12(2)28/h3-4,9-10,13,21,24H,5-8H2,1-2H3,(H,23,28)(H,25,26)(H,29,30). The number of anilines is 3. The number of carbonyl (C=O) groups excluding carboxylic acids is 1. The van der Waals surface area contributed by atoms with Crippen LogP contribution in [0.4, 0.5) is 17.3 Å².